The van der Waals surface area contributed by atoms with Crippen molar-refractivity contribution in [2.75, 3.05) is 25.0 Å². The summed E-state index contributed by atoms with van der Waals surface area (Å²) in [6.07, 6.45) is -1.38. The highest BCUT2D eigenvalue weighted by molar-refractivity contribution is 7.80. The van der Waals surface area contributed by atoms with Crippen LogP contribution in [0, 0.1) is 0 Å². The average Bonchev–Trinajstić information content (AvgIpc) is 2.70. The fourth-order valence-corrected chi connectivity index (χ4v) is 2.63. The van der Waals surface area contributed by atoms with E-state index in [-0.39, 0.29) is 12.5 Å². The van der Waals surface area contributed by atoms with Crippen LogP contribution in [0.25, 0.3) is 0 Å². The number of para-hydroxylation sites is 1. The lowest BCUT2D eigenvalue weighted by molar-refractivity contribution is -0.0273. The smallest absolute Gasteiger partial charge is 0.251 e. The first-order valence-electron chi connectivity index (χ1n) is 8.83. The molecule has 2 aromatic rings. The standard InChI is InChI=1S/C20H25N3O3S/c1-2-26-18(14-22-20(27)23-16-11-7-4-8-12-16)17(24)13-21-19(25)15-9-5-3-6-10-15/h3-12,17-18,24H,2,13-14H2,1H3,(H,21,25)(H2,22,23,27)/t17-,18+/m0/s1. The molecule has 0 saturated heterocycles. The highest BCUT2D eigenvalue weighted by Crippen LogP contribution is 2.05. The molecule has 0 saturated carbocycles. The van der Waals surface area contributed by atoms with Crippen LogP contribution < -0.4 is 16.0 Å². The monoisotopic (exact) mass is 387 g/mol. The Kier molecular flexibility index (Phi) is 8.70. The van der Waals surface area contributed by atoms with Gasteiger partial charge in [0.1, 0.15) is 6.10 Å². The van der Waals surface area contributed by atoms with Crippen molar-refractivity contribution in [3.63, 3.8) is 0 Å². The molecule has 0 aromatic heterocycles. The van der Waals surface area contributed by atoms with E-state index in [0.29, 0.717) is 23.8 Å². The predicted octanol–water partition coefficient (Wildman–Crippen LogP) is 2.17. The zero-order valence-corrected chi connectivity index (χ0v) is 16.0. The van der Waals surface area contributed by atoms with Gasteiger partial charge in [-0.3, -0.25) is 4.79 Å². The van der Waals surface area contributed by atoms with Crippen molar-refractivity contribution < 1.29 is 14.6 Å². The van der Waals surface area contributed by atoms with Crippen molar-refractivity contribution in [1.29, 1.82) is 0 Å². The van der Waals surface area contributed by atoms with Gasteiger partial charge in [0.05, 0.1) is 6.10 Å². The van der Waals surface area contributed by atoms with Crippen molar-refractivity contribution >= 4 is 28.9 Å². The third-order valence-corrected chi connectivity index (χ3v) is 4.06. The summed E-state index contributed by atoms with van der Waals surface area (Å²) in [5, 5.41) is 19.7. The predicted molar refractivity (Wildman–Crippen MR) is 111 cm³/mol. The second-order valence-electron chi connectivity index (χ2n) is 5.84. The number of anilines is 1. The molecule has 4 N–H and O–H groups in total. The first kappa shape index (κ1) is 20.8. The molecule has 0 fully saturated rings. The molecule has 7 heteroatoms. The largest absolute Gasteiger partial charge is 0.388 e. The van der Waals surface area contributed by atoms with E-state index in [1.54, 1.807) is 24.3 Å². The molecule has 0 aliphatic rings. The summed E-state index contributed by atoms with van der Waals surface area (Å²) in [5.41, 5.74) is 1.42. The Morgan fingerprint density at radius 1 is 1.04 bits per heavy atom. The third-order valence-electron chi connectivity index (χ3n) is 3.81. The Hall–Kier alpha value is -2.48. The SMILES string of the molecule is CCO[C@H](CNC(=S)Nc1ccccc1)[C@@H](O)CNC(=O)c1ccccc1. The van der Waals surface area contributed by atoms with E-state index < -0.39 is 12.2 Å². The molecule has 27 heavy (non-hydrogen) atoms. The van der Waals surface area contributed by atoms with E-state index in [9.17, 15) is 9.90 Å². The summed E-state index contributed by atoms with van der Waals surface area (Å²) >= 11 is 5.27. The molecule has 0 unspecified atom stereocenters. The molecule has 0 radical (unpaired) electrons. The molecule has 0 spiro atoms. The number of aliphatic hydroxyl groups is 1. The first-order valence-corrected chi connectivity index (χ1v) is 9.23. The molecule has 6 nitrogen and oxygen atoms in total. The number of ether oxygens (including phenoxy) is 1. The van der Waals surface area contributed by atoms with E-state index >= 15 is 0 Å². The van der Waals surface area contributed by atoms with Gasteiger partial charge >= 0.3 is 0 Å². The van der Waals surface area contributed by atoms with Crippen LogP contribution in [-0.2, 0) is 4.74 Å². The molecule has 2 rings (SSSR count). The lowest BCUT2D eigenvalue weighted by Crippen LogP contribution is -2.46. The number of amides is 1. The molecule has 0 bridgehead atoms. The minimum absolute atomic E-state index is 0.0823. The summed E-state index contributed by atoms with van der Waals surface area (Å²) in [6.45, 7) is 2.69. The van der Waals surface area contributed by atoms with Crippen molar-refractivity contribution in [2.24, 2.45) is 0 Å². The molecule has 2 aromatic carbocycles. The van der Waals surface area contributed by atoms with Gasteiger partial charge in [0.15, 0.2) is 5.11 Å². The Balaban J connectivity index is 1.80. The topological polar surface area (TPSA) is 82.6 Å². The maximum atomic E-state index is 12.1. The Morgan fingerprint density at radius 2 is 1.67 bits per heavy atom. The van der Waals surface area contributed by atoms with E-state index in [4.69, 9.17) is 17.0 Å². The number of aliphatic hydroxyl groups excluding tert-OH is 1. The highest BCUT2D eigenvalue weighted by Gasteiger charge is 2.20. The van der Waals surface area contributed by atoms with Gasteiger partial charge in [-0.1, -0.05) is 36.4 Å². The van der Waals surface area contributed by atoms with Crippen LogP contribution >= 0.6 is 12.2 Å². The third kappa shape index (κ3) is 7.34. The molecular weight excluding hydrogens is 362 g/mol. The van der Waals surface area contributed by atoms with Crippen LogP contribution in [0.2, 0.25) is 0 Å². The van der Waals surface area contributed by atoms with Crippen LogP contribution in [0.1, 0.15) is 17.3 Å². The number of hydrogen-bond donors (Lipinski definition) is 4. The van der Waals surface area contributed by atoms with E-state index in [1.807, 2.05) is 43.3 Å². The van der Waals surface area contributed by atoms with Crippen molar-refractivity contribution in [3.8, 4) is 0 Å². The number of benzene rings is 2. The summed E-state index contributed by atoms with van der Waals surface area (Å²) in [4.78, 5) is 12.1. The summed E-state index contributed by atoms with van der Waals surface area (Å²) in [5.74, 6) is -0.237. The van der Waals surface area contributed by atoms with Gasteiger partial charge in [0.2, 0.25) is 0 Å². The Morgan fingerprint density at radius 3 is 2.30 bits per heavy atom. The molecule has 2 atom stereocenters. The number of thiocarbonyl (C=S) groups is 1. The average molecular weight is 388 g/mol. The van der Waals surface area contributed by atoms with Crippen molar-refractivity contribution in [1.82, 2.24) is 10.6 Å². The maximum absolute atomic E-state index is 12.1. The van der Waals surface area contributed by atoms with E-state index in [1.165, 1.54) is 0 Å². The molecule has 0 aliphatic heterocycles. The molecule has 144 valence electrons. The number of carbonyl (C=O) groups is 1. The van der Waals surface area contributed by atoms with Gasteiger partial charge in [-0.2, -0.15) is 0 Å². The minimum Gasteiger partial charge on any atom is -0.388 e. The number of carbonyl (C=O) groups excluding carboxylic acids is 1. The Bertz CT molecular complexity index is 713. The van der Waals surface area contributed by atoms with Crippen LogP contribution in [-0.4, -0.2) is 48.0 Å². The zero-order valence-electron chi connectivity index (χ0n) is 15.2. The van der Waals surface area contributed by atoms with Gasteiger partial charge in [0, 0.05) is 30.9 Å². The quantitative estimate of drug-likeness (QED) is 0.494. The second-order valence-corrected chi connectivity index (χ2v) is 6.25. The lowest BCUT2D eigenvalue weighted by Gasteiger charge is -2.24. The van der Waals surface area contributed by atoms with E-state index in [2.05, 4.69) is 16.0 Å². The van der Waals surface area contributed by atoms with Crippen molar-refractivity contribution in [3.05, 3.63) is 66.2 Å². The highest BCUT2D eigenvalue weighted by atomic mass is 32.1. The van der Waals surface area contributed by atoms with Gasteiger partial charge in [-0.15, -0.1) is 0 Å². The van der Waals surface area contributed by atoms with Gasteiger partial charge in [-0.25, -0.2) is 0 Å². The minimum atomic E-state index is -0.871. The second kappa shape index (κ2) is 11.3. The molecule has 0 aliphatic carbocycles. The van der Waals surface area contributed by atoms with Gasteiger partial charge < -0.3 is 25.8 Å². The van der Waals surface area contributed by atoms with E-state index in [0.717, 1.165) is 5.69 Å². The fourth-order valence-electron chi connectivity index (χ4n) is 2.43. The Labute approximate surface area is 164 Å². The lowest BCUT2D eigenvalue weighted by atomic mass is 10.1. The maximum Gasteiger partial charge on any atom is 0.251 e. The van der Waals surface area contributed by atoms with Gasteiger partial charge in [-0.05, 0) is 43.4 Å². The van der Waals surface area contributed by atoms with Crippen LogP contribution in [0.3, 0.4) is 0 Å². The van der Waals surface area contributed by atoms with Crippen molar-refractivity contribution in [2.45, 2.75) is 19.1 Å². The first-order chi connectivity index (χ1) is 13.1. The van der Waals surface area contributed by atoms with Crippen LogP contribution in [0.4, 0.5) is 5.69 Å². The molecule has 0 heterocycles. The summed E-state index contributed by atoms with van der Waals surface area (Å²) in [7, 11) is 0. The molecular formula is C20H25N3O3S. The summed E-state index contributed by atoms with van der Waals surface area (Å²) in [6, 6.07) is 18.4. The normalized spacial score (nSPS) is 12.7. The fraction of sp³-hybridized carbons (Fsp3) is 0.300. The zero-order chi connectivity index (χ0) is 19.5. The van der Waals surface area contributed by atoms with Crippen LogP contribution in [0.15, 0.2) is 60.7 Å². The van der Waals surface area contributed by atoms with Gasteiger partial charge in [0.25, 0.3) is 5.91 Å². The number of hydrogen-bond acceptors (Lipinski definition) is 4. The number of nitrogens with one attached hydrogen (secondary N) is 3. The molecule has 1 amide bonds. The summed E-state index contributed by atoms with van der Waals surface area (Å²) < 4.78 is 5.59. The number of rotatable bonds is 9. The van der Waals surface area contributed by atoms with Crippen LogP contribution in [0.5, 0.6) is 0 Å².